The van der Waals surface area contributed by atoms with Crippen LogP contribution in [0.5, 0.6) is 0 Å². The number of rotatable bonds is 4. The second kappa shape index (κ2) is 5.99. The molecule has 5 nitrogen and oxygen atoms in total. The van der Waals surface area contributed by atoms with Crippen molar-refractivity contribution in [1.29, 1.82) is 0 Å². The molecule has 0 atom stereocenters. The Kier molecular flexibility index (Phi) is 3.90. The molecule has 1 aromatic carbocycles. The zero-order valence-corrected chi connectivity index (χ0v) is 12.0. The van der Waals surface area contributed by atoms with Crippen LogP contribution in [-0.2, 0) is 4.79 Å². The molecular formula is C16H20N4O. The van der Waals surface area contributed by atoms with Gasteiger partial charge in [0.15, 0.2) is 0 Å². The Morgan fingerprint density at radius 3 is 2.90 bits per heavy atom. The zero-order chi connectivity index (χ0) is 14.7. The van der Waals surface area contributed by atoms with Gasteiger partial charge in [0.25, 0.3) is 0 Å². The Balaban J connectivity index is 1.62. The van der Waals surface area contributed by atoms with E-state index in [1.165, 1.54) is 0 Å². The van der Waals surface area contributed by atoms with Crippen molar-refractivity contribution in [2.24, 2.45) is 0 Å². The molecule has 0 aliphatic carbocycles. The fourth-order valence-electron chi connectivity index (χ4n) is 2.76. The third-order valence-corrected chi connectivity index (χ3v) is 3.94. The number of benzene rings is 1. The molecule has 3 N–H and O–H groups in total. The number of nitrogens with one attached hydrogen (secondary N) is 1. The Hall–Kier alpha value is -2.30. The van der Waals surface area contributed by atoms with Crippen LogP contribution in [0, 0.1) is 0 Å². The number of amides is 1. The molecule has 0 unspecified atom stereocenters. The normalized spacial score (nSPS) is 14.6. The van der Waals surface area contributed by atoms with Crippen molar-refractivity contribution in [3.05, 3.63) is 30.5 Å². The summed E-state index contributed by atoms with van der Waals surface area (Å²) in [5.74, 6) is 0.223. The van der Waals surface area contributed by atoms with Crippen LogP contribution in [-0.4, -0.2) is 35.4 Å². The minimum atomic E-state index is 0.223. The molecular weight excluding hydrogens is 264 g/mol. The predicted molar refractivity (Wildman–Crippen MR) is 85.1 cm³/mol. The van der Waals surface area contributed by atoms with E-state index in [0.717, 1.165) is 42.5 Å². The van der Waals surface area contributed by atoms with E-state index in [1.807, 2.05) is 29.2 Å². The molecule has 2 heterocycles. The number of hydrogen-bond acceptors (Lipinski definition) is 4. The number of likely N-dealkylation sites (tertiary alicyclic amines) is 1. The van der Waals surface area contributed by atoms with Gasteiger partial charge < -0.3 is 16.0 Å². The molecule has 1 fully saturated rings. The highest BCUT2D eigenvalue weighted by Gasteiger charge is 2.17. The lowest BCUT2D eigenvalue weighted by molar-refractivity contribution is -0.129. The summed E-state index contributed by atoms with van der Waals surface area (Å²) >= 11 is 0. The average molecular weight is 284 g/mol. The highest BCUT2D eigenvalue weighted by molar-refractivity contribution is 5.96. The highest BCUT2D eigenvalue weighted by Crippen LogP contribution is 2.27. The second-order valence-electron chi connectivity index (χ2n) is 5.36. The first-order valence-corrected chi connectivity index (χ1v) is 7.40. The van der Waals surface area contributed by atoms with Gasteiger partial charge in [-0.15, -0.1) is 0 Å². The maximum absolute atomic E-state index is 12.0. The number of nitrogens with zero attached hydrogens (tertiary/aromatic N) is 2. The largest absolute Gasteiger partial charge is 0.397 e. The standard InChI is InChI=1S/C16H20N4O/c17-16-12-4-3-8-18-13(12)5-6-14(16)19-9-7-15(21)20-10-1-2-11-20/h3-6,8,19H,1-2,7,9-11,17H2. The topological polar surface area (TPSA) is 71.2 Å². The van der Waals surface area contributed by atoms with Crippen molar-refractivity contribution in [2.75, 3.05) is 30.7 Å². The van der Waals surface area contributed by atoms with Crippen molar-refractivity contribution in [2.45, 2.75) is 19.3 Å². The molecule has 3 rings (SSSR count). The summed E-state index contributed by atoms with van der Waals surface area (Å²) in [5, 5.41) is 4.20. The first-order chi connectivity index (χ1) is 10.3. The Labute approximate surface area is 124 Å². The molecule has 0 radical (unpaired) electrons. The summed E-state index contributed by atoms with van der Waals surface area (Å²) in [6.07, 6.45) is 4.52. The Bertz CT molecular complexity index is 650. The fraction of sp³-hybridized carbons (Fsp3) is 0.375. The minimum Gasteiger partial charge on any atom is -0.397 e. The van der Waals surface area contributed by atoms with E-state index in [9.17, 15) is 4.79 Å². The molecule has 1 aliphatic heterocycles. The van der Waals surface area contributed by atoms with E-state index in [-0.39, 0.29) is 5.91 Å². The van der Waals surface area contributed by atoms with Crippen LogP contribution in [0.2, 0.25) is 0 Å². The van der Waals surface area contributed by atoms with Gasteiger partial charge in [0.2, 0.25) is 5.91 Å². The molecule has 1 amide bonds. The van der Waals surface area contributed by atoms with E-state index in [4.69, 9.17) is 5.73 Å². The summed E-state index contributed by atoms with van der Waals surface area (Å²) in [6, 6.07) is 7.69. The van der Waals surface area contributed by atoms with Crippen LogP contribution in [0.4, 0.5) is 11.4 Å². The molecule has 5 heteroatoms. The van der Waals surface area contributed by atoms with Crippen molar-refractivity contribution >= 4 is 28.2 Å². The van der Waals surface area contributed by atoms with E-state index >= 15 is 0 Å². The molecule has 1 aliphatic rings. The van der Waals surface area contributed by atoms with E-state index in [1.54, 1.807) is 6.20 Å². The van der Waals surface area contributed by atoms with Gasteiger partial charge in [-0.05, 0) is 37.1 Å². The highest BCUT2D eigenvalue weighted by atomic mass is 16.2. The maximum Gasteiger partial charge on any atom is 0.224 e. The molecule has 0 saturated carbocycles. The van der Waals surface area contributed by atoms with Gasteiger partial charge in [0.1, 0.15) is 0 Å². The van der Waals surface area contributed by atoms with Crippen molar-refractivity contribution in [3.8, 4) is 0 Å². The third-order valence-electron chi connectivity index (χ3n) is 3.94. The Morgan fingerprint density at radius 1 is 1.29 bits per heavy atom. The van der Waals surface area contributed by atoms with Gasteiger partial charge in [-0.25, -0.2) is 0 Å². The predicted octanol–water partition coefficient (Wildman–Crippen LogP) is 2.24. The van der Waals surface area contributed by atoms with Gasteiger partial charge in [0, 0.05) is 37.6 Å². The lowest BCUT2D eigenvalue weighted by atomic mass is 10.1. The number of anilines is 2. The third kappa shape index (κ3) is 2.91. The van der Waals surface area contributed by atoms with Gasteiger partial charge in [0.05, 0.1) is 16.9 Å². The van der Waals surface area contributed by atoms with Crippen LogP contribution in [0.3, 0.4) is 0 Å². The quantitative estimate of drug-likeness (QED) is 0.845. The van der Waals surface area contributed by atoms with Crippen LogP contribution >= 0.6 is 0 Å². The number of aromatic nitrogens is 1. The van der Waals surface area contributed by atoms with Crippen LogP contribution in [0.15, 0.2) is 30.5 Å². The number of nitrogens with two attached hydrogens (primary N) is 1. The monoisotopic (exact) mass is 284 g/mol. The maximum atomic E-state index is 12.0. The Morgan fingerprint density at radius 2 is 2.10 bits per heavy atom. The van der Waals surface area contributed by atoms with E-state index < -0.39 is 0 Å². The van der Waals surface area contributed by atoms with Crippen LogP contribution in [0.1, 0.15) is 19.3 Å². The molecule has 1 aromatic heterocycles. The smallest absolute Gasteiger partial charge is 0.224 e. The molecule has 1 saturated heterocycles. The average Bonchev–Trinajstić information content (AvgIpc) is 3.04. The number of carbonyl (C=O) groups is 1. The van der Waals surface area contributed by atoms with Gasteiger partial charge >= 0.3 is 0 Å². The SMILES string of the molecule is Nc1c(NCCC(=O)N2CCCC2)ccc2ncccc12. The zero-order valence-electron chi connectivity index (χ0n) is 12.0. The van der Waals surface area contributed by atoms with Gasteiger partial charge in [-0.3, -0.25) is 9.78 Å². The number of hydrogen-bond donors (Lipinski definition) is 2. The minimum absolute atomic E-state index is 0.223. The fourth-order valence-corrected chi connectivity index (χ4v) is 2.76. The summed E-state index contributed by atoms with van der Waals surface area (Å²) in [5.41, 5.74) is 8.60. The molecule has 2 aromatic rings. The van der Waals surface area contributed by atoms with Gasteiger partial charge in [-0.2, -0.15) is 0 Å². The first kappa shape index (κ1) is 13.7. The van der Waals surface area contributed by atoms with Crippen LogP contribution < -0.4 is 11.1 Å². The number of carbonyl (C=O) groups excluding carboxylic acids is 1. The van der Waals surface area contributed by atoms with Crippen molar-refractivity contribution in [1.82, 2.24) is 9.88 Å². The first-order valence-electron chi connectivity index (χ1n) is 7.40. The summed E-state index contributed by atoms with van der Waals surface area (Å²) in [6.45, 7) is 2.41. The summed E-state index contributed by atoms with van der Waals surface area (Å²) in [4.78, 5) is 18.2. The molecule has 21 heavy (non-hydrogen) atoms. The number of pyridine rings is 1. The molecule has 0 spiro atoms. The summed E-state index contributed by atoms with van der Waals surface area (Å²) < 4.78 is 0. The number of nitrogen functional groups attached to an aromatic ring is 1. The van der Waals surface area contributed by atoms with E-state index in [2.05, 4.69) is 10.3 Å². The van der Waals surface area contributed by atoms with Crippen molar-refractivity contribution < 1.29 is 4.79 Å². The molecule has 110 valence electrons. The number of fused-ring (bicyclic) bond motifs is 1. The lowest BCUT2D eigenvalue weighted by Crippen LogP contribution is -2.29. The summed E-state index contributed by atoms with van der Waals surface area (Å²) in [7, 11) is 0. The van der Waals surface area contributed by atoms with Crippen LogP contribution in [0.25, 0.3) is 10.9 Å². The lowest BCUT2D eigenvalue weighted by Gasteiger charge is -2.16. The van der Waals surface area contributed by atoms with E-state index in [0.29, 0.717) is 18.7 Å². The second-order valence-corrected chi connectivity index (χ2v) is 5.36. The van der Waals surface area contributed by atoms with Crippen molar-refractivity contribution in [3.63, 3.8) is 0 Å². The molecule has 0 bridgehead atoms. The van der Waals surface area contributed by atoms with Gasteiger partial charge in [-0.1, -0.05) is 0 Å².